The molecule has 0 unspecified atom stereocenters. The first-order valence-corrected chi connectivity index (χ1v) is 10.3. The summed E-state index contributed by atoms with van der Waals surface area (Å²) in [7, 11) is 0. The fourth-order valence-corrected chi connectivity index (χ4v) is 4.19. The maximum absolute atomic E-state index is 12.0. The topological polar surface area (TPSA) is 52.7 Å². The Labute approximate surface area is 154 Å². The van der Waals surface area contributed by atoms with Gasteiger partial charge in [0.1, 0.15) is 6.54 Å². The summed E-state index contributed by atoms with van der Waals surface area (Å²) in [4.78, 5) is 27.6. The van der Waals surface area contributed by atoms with Gasteiger partial charge in [0.05, 0.1) is 11.6 Å². The molecule has 0 radical (unpaired) electrons. The molecule has 0 atom stereocenters. The first kappa shape index (κ1) is 18.3. The molecule has 0 aromatic heterocycles. The number of nitrogens with one attached hydrogen (secondary N) is 1. The molecule has 1 aromatic carbocycles. The molecule has 2 amide bonds. The Kier molecular flexibility index (Phi) is 6.76. The van der Waals surface area contributed by atoms with Crippen molar-refractivity contribution in [1.29, 1.82) is 0 Å². The van der Waals surface area contributed by atoms with E-state index in [-0.39, 0.29) is 18.4 Å². The van der Waals surface area contributed by atoms with Gasteiger partial charge < -0.3 is 10.2 Å². The van der Waals surface area contributed by atoms with Crippen molar-refractivity contribution in [3.05, 3.63) is 35.4 Å². The number of thioether (sulfide) groups is 1. The summed E-state index contributed by atoms with van der Waals surface area (Å²) in [6, 6.07) is 8.49. The van der Waals surface area contributed by atoms with Gasteiger partial charge in [-0.05, 0) is 37.1 Å². The van der Waals surface area contributed by atoms with E-state index in [1.807, 2.05) is 0 Å². The molecule has 25 heavy (non-hydrogen) atoms. The van der Waals surface area contributed by atoms with Gasteiger partial charge in [-0.25, -0.2) is 0 Å². The van der Waals surface area contributed by atoms with Crippen molar-refractivity contribution in [2.24, 2.45) is 0 Å². The first-order valence-electron chi connectivity index (χ1n) is 9.13. The normalized spacial score (nSPS) is 19.0. The molecule has 2 heterocycles. The molecule has 1 aromatic rings. The van der Waals surface area contributed by atoms with Crippen molar-refractivity contribution in [2.75, 3.05) is 31.3 Å². The second-order valence-electron chi connectivity index (χ2n) is 6.85. The third kappa shape index (κ3) is 5.75. The van der Waals surface area contributed by atoms with E-state index in [9.17, 15) is 9.59 Å². The summed E-state index contributed by atoms with van der Waals surface area (Å²) in [6.45, 7) is 4.09. The number of carbonyl (C=O) groups is 2. The molecule has 2 fully saturated rings. The minimum Gasteiger partial charge on any atom is -0.350 e. The molecule has 2 aliphatic rings. The summed E-state index contributed by atoms with van der Waals surface area (Å²) in [5.41, 5.74) is 2.42. The third-order valence-corrected chi connectivity index (χ3v) is 5.72. The van der Waals surface area contributed by atoms with Gasteiger partial charge in [-0.1, -0.05) is 37.1 Å². The maximum Gasteiger partial charge on any atom is 0.239 e. The zero-order chi connectivity index (χ0) is 17.5. The number of amides is 2. The van der Waals surface area contributed by atoms with Crippen molar-refractivity contribution in [2.45, 2.75) is 38.8 Å². The van der Waals surface area contributed by atoms with Crippen LogP contribution in [0, 0.1) is 0 Å². The van der Waals surface area contributed by atoms with E-state index in [1.165, 1.54) is 44.3 Å². The van der Waals surface area contributed by atoms with Crippen molar-refractivity contribution >= 4 is 23.6 Å². The van der Waals surface area contributed by atoms with Crippen LogP contribution in [0.5, 0.6) is 0 Å². The molecule has 0 aliphatic carbocycles. The lowest BCUT2D eigenvalue weighted by Gasteiger charge is -2.20. The predicted molar refractivity (Wildman–Crippen MR) is 101 cm³/mol. The van der Waals surface area contributed by atoms with Gasteiger partial charge in [0.15, 0.2) is 0 Å². The summed E-state index contributed by atoms with van der Waals surface area (Å²) in [5.74, 6) is 1.07. The monoisotopic (exact) mass is 361 g/mol. The summed E-state index contributed by atoms with van der Waals surface area (Å²) in [6.07, 6.45) is 5.33. The molecule has 0 saturated carbocycles. The van der Waals surface area contributed by atoms with E-state index in [0.29, 0.717) is 18.2 Å². The highest BCUT2D eigenvalue weighted by Crippen LogP contribution is 2.15. The Morgan fingerprint density at radius 2 is 1.72 bits per heavy atom. The fourth-order valence-electron chi connectivity index (χ4n) is 3.29. The Bertz CT molecular complexity index is 583. The third-order valence-electron chi connectivity index (χ3n) is 4.78. The summed E-state index contributed by atoms with van der Waals surface area (Å²) >= 11 is 1.56. The largest absolute Gasteiger partial charge is 0.350 e. The van der Waals surface area contributed by atoms with Crippen LogP contribution in [0.4, 0.5) is 0 Å². The average molecular weight is 362 g/mol. The van der Waals surface area contributed by atoms with Crippen LogP contribution < -0.4 is 5.32 Å². The van der Waals surface area contributed by atoms with Gasteiger partial charge in [-0.3, -0.25) is 14.5 Å². The minimum absolute atomic E-state index is 0.0537. The second kappa shape index (κ2) is 9.25. The second-order valence-corrected chi connectivity index (χ2v) is 7.81. The first-order chi connectivity index (χ1) is 12.2. The van der Waals surface area contributed by atoms with Crippen LogP contribution in [0.3, 0.4) is 0 Å². The number of hydrogen-bond acceptors (Lipinski definition) is 4. The highest BCUT2D eigenvalue weighted by atomic mass is 32.2. The SMILES string of the molecule is O=C(CN1CSCC1=O)NCc1ccc(CN2CCCCCC2)cc1. The molecule has 2 saturated heterocycles. The van der Waals surface area contributed by atoms with Crippen molar-refractivity contribution < 1.29 is 9.59 Å². The van der Waals surface area contributed by atoms with E-state index in [1.54, 1.807) is 16.7 Å². The van der Waals surface area contributed by atoms with Gasteiger partial charge in [0, 0.05) is 13.1 Å². The quantitative estimate of drug-likeness (QED) is 0.844. The van der Waals surface area contributed by atoms with Crippen LogP contribution in [-0.2, 0) is 22.7 Å². The van der Waals surface area contributed by atoms with E-state index in [2.05, 4.69) is 34.5 Å². The van der Waals surface area contributed by atoms with Crippen LogP contribution >= 0.6 is 11.8 Å². The number of benzene rings is 1. The average Bonchev–Trinajstić information content (AvgIpc) is 2.85. The highest BCUT2D eigenvalue weighted by Gasteiger charge is 2.22. The molecule has 1 N–H and O–H groups in total. The van der Waals surface area contributed by atoms with Crippen LogP contribution in [0.25, 0.3) is 0 Å². The van der Waals surface area contributed by atoms with Crippen molar-refractivity contribution in [3.8, 4) is 0 Å². The molecule has 2 aliphatic heterocycles. The smallest absolute Gasteiger partial charge is 0.239 e. The Morgan fingerprint density at radius 1 is 1.04 bits per heavy atom. The van der Waals surface area contributed by atoms with Crippen molar-refractivity contribution in [3.63, 3.8) is 0 Å². The van der Waals surface area contributed by atoms with Gasteiger partial charge in [-0.2, -0.15) is 0 Å². The molecule has 3 rings (SSSR count). The molecule has 136 valence electrons. The van der Waals surface area contributed by atoms with E-state index in [0.717, 1.165) is 12.1 Å². The van der Waals surface area contributed by atoms with Gasteiger partial charge in [0.2, 0.25) is 11.8 Å². The van der Waals surface area contributed by atoms with Gasteiger partial charge in [0.25, 0.3) is 0 Å². The standard InChI is InChI=1S/C19H27N3O2S/c23-18(13-22-15-25-14-19(22)24)20-11-16-5-7-17(8-6-16)12-21-9-3-1-2-4-10-21/h5-8H,1-4,9-15H2,(H,20,23). The Balaban J connectivity index is 1.42. The number of likely N-dealkylation sites (tertiary alicyclic amines) is 1. The lowest BCUT2D eigenvalue weighted by Crippen LogP contribution is -2.37. The summed E-state index contributed by atoms with van der Waals surface area (Å²) in [5, 5.41) is 2.90. The van der Waals surface area contributed by atoms with E-state index in [4.69, 9.17) is 0 Å². The Morgan fingerprint density at radius 3 is 2.36 bits per heavy atom. The van der Waals surface area contributed by atoms with Crippen LogP contribution in [-0.4, -0.2) is 52.9 Å². The molecular weight excluding hydrogens is 334 g/mol. The molecule has 0 spiro atoms. The summed E-state index contributed by atoms with van der Waals surface area (Å²) < 4.78 is 0. The maximum atomic E-state index is 12.0. The fraction of sp³-hybridized carbons (Fsp3) is 0.579. The predicted octanol–water partition coefficient (Wildman–Crippen LogP) is 2.21. The number of hydrogen-bond donors (Lipinski definition) is 1. The highest BCUT2D eigenvalue weighted by molar-refractivity contribution is 8.00. The zero-order valence-corrected chi connectivity index (χ0v) is 15.5. The number of rotatable bonds is 6. The van der Waals surface area contributed by atoms with Crippen molar-refractivity contribution in [1.82, 2.24) is 15.1 Å². The Hall–Kier alpha value is -1.53. The van der Waals surface area contributed by atoms with E-state index >= 15 is 0 Å². The minimum atomic E-state index is -0.0931. The number of carbonyl (C=O) groups excluding carboxylic acids is 2. The van der Waals surface area contributed by atoms with Gasteiger partial charge in [-0.15, -0.1) is 11.8 Å². The molecule has 5 nitrogen and oxygen atoms in total. The molecule has 0 bridgehead atoms. The van der Waals surface area contributed by atoms with Crippen LogP contribution in [0.15, 0.2) is 24.3 Å². The lowest BCUT2D eigenvalue weighted by atomic mass is 10.1. The lowest BCUT2D eigenvalue weighted by molar-refractivity contribution is -0.132. The molecule has 6 heteroatoms. The number of nitrogens with zero attached hydrogens (tertiary/aromatic N) is 2. The zero-order valence-electron chi connectivity index (χ0n) is 14.7. The van der Waals surface area contributed by atoms with Crippen LogP contribution in [0.1, 0.15) is 36.8 Å². The van der Waals surface area contributed by atoms with E-state index < -0.39 is 0 Å². The molecular formula is C19H27N3O2S. The van der Waals surface area contributed by atoms with Crippen LogP contribution in [0.2, 0.25) is 0 Å². The van der Waals surface area contributed by atoms with Gasteiger partial charge >= 0.3 is 0 Å².